The van der Waals surface area contributed by atoms with Gasteiger partial charge in [-0.3, -0.25) is 0 Å². The van der Waals surface area contributed by atoms with Crippen LogP contribution in [0.4, 0.5) is 11.5 Å². The van der Waals surface area contributed by atoms with E-state index in [2.05, 4.69) is 60.9 Å². The van der Waals surface area contributed by atoms with Crippen molar-refractivity contribution in [1.82, 2.24) is 19.9 Å². The normalized spacial score (nSPS) is 15.5. The molecule has 2 aromatic heterocycles. The molecule has 0 radical (unpaired) electrons. The second-order valence-electron chi connectivity index (χ2n) is 5.61. The standard InChI is InChI=1S/C16H18N6/c1-12-3-2-4-13(9-12)21-5-7-22(8-6-21)16-14-15(18-10-17-14)19-11-20-16/h2-4,9-11H,5-8H2,1H3,(H,17,18,19,20). The van der Waals surface area contributed by atoms with Crippen molar-refractivity contribution in [3.05, 3.63) is 42.5 Å². The quantitative estimate of drug-likeness (QED) is 0.783. The van der Waals surface area contributed by atoms with E-state index in [1.807, 2.05) is 0 Å². The summed E-state index contributed by atoms with van der Waals surface area (Å²) in [5.41, 5.74) is 4.25. The first-order valence-corrected chi connectivity index (χ1v) is 7.52. The van der Waals surface area contributed by atoms with Gasteiger partial charge in [0, 0.05) is 31.9 Å². The topological polar surface area (TPSA) is 60.9 Å². The molecule has 4 rings (SSSR count). The molecule has 0 bridgehead atoms. The third kappa shape index (κ3) is 2.26. The first-order chi connectivity index (χ1) is 10.8. The number of aromatic nitrogens is 4. The number of hydrogen-bond donors (Lipinski definition) is 1. The summed E-state index contributed by atoms with van der Waals surface area (Å²) < 4.78 is 0. The molecule has 112 valence electrons. The zero-order valence-corrected chi connectivity index (χ0v) is 12.5. The Balaban J connectivity index is 1.53. The van der Waals surface area contributed by atoms with E-state index in [4.69, 9.17) is 0 Å². The van der Waals surface area contributed by atoms with Gasteiger partial charge in [0.2, 0.25) is 0 Å². The highest BCUT2D eigenvalue weighted by Crippen LogP contribution is 2.23. The van der Waals surface area contributed by atoms with E-state index in [9.17, 15) is 0 Å². The van der Waals surface area contributed by atoms with Gasteiger partial charge in [-0.1, -0.05) is 12.1 Å². The highest BCUT2D eigenvalue weighted by atomic mass is 15.3. The molecular weight excluding hydrogens is 276 g/mol. The maximum atomic E-state index is 4.44. The summed E-state index contributed by atoms with van der Waals surface area (Å²) in [6.07, 6.45) is 3.26. The molecule has 0 saturated carbocycles. The number of hydrogen-bond acceptors (Lipinski definition) is 5. The number of benzene rings is 1. The van der Waals surface area contributed by atoms with Crippen molar-refractivity contribution in [1.29, 1.82) is 0 Å². The van der Waals surface area contributed by atoms with E-state index in [-0.39, 0.29) is 0 Å². The highest BCUT2D eigenvalue weighted by Gasteiger charge is 2.20. The van der Waals surface area contributed by atoms with Crippen molar-refractivity contribution in [2.75, 3.05) is 36.0 Å². The molecule has 1 aliphatic rings. The maximum Gasteiger partial charge on any atom is 0.182 e. The van der Waals surface area contributed by atoms with E-state index in [0.717, 1.165) is 43.2 Å². The molecule has 6 heteroatoms. The molecule has 6 nitrogen and oxygen atoms in total. The molecule has 1 fully saturated rings. The summed E-state index contributed by atoms with van der Waals surface area (Å²) in [5, 5.41) is 0. The summed E-state index contributed by atoms with van der Waals surface area (Å²) in [6.45, 7) is 6.00. The predicted octanol–water partition coefficient (Wildman–Crippen LogP) is 1.99. The highest BCUT2D eigenvalue weighted by molar-refractivity contribution is 5.82. The van der Waals surface area contributed by atoms with Crippen LogP contribution in [0.15, 0.2) is 36.9 Å². The average Bonchev–Trinajstić information content (AvgIpc) is 3.04. The van der Waals surface area contributed by atoms with Crippen LogP contribution in [-0.4, -0.2) is 46.1 Å². The number of anilines is 2. The minimum absolute atomic E-state index is 0.728. The van der Waals surface area contributed by atoms with Gasteiger partial charge in [-0.15, -0.1) is 0 Å². The van der Waals surface area contributed by atoms with E-state index in [0.29, 0.717) is 0 Å². The van der Waals surface area contributed by atoms with Crippen molar-refractivity contribution in [3.8, 4) is 0 Å². The number of nitrogens with one attached hydrogen (secondary N) is 1. The van der Waals surface area contributed by atoms with Gasteiger partial charge in [-0.2, -0.15) is 0 Å². The third-order valence-corrected chi connectivity index (χ3v) is 4.15. The van der Waals surface area contributed by atoms with Crippen LogP contribution in [0.25, 0.3) is 11.2 Å². The number of piperazine rings is 1. The molecule has 1 saturated heterocycles. The lowest BCUT2D eigenvalue weighted by molar-refractivity contribution is 0.648. The lowest BCUT2D eigenvalue weighted by Gasteiger charge is -2.36. The average molecular weight is 294 g/mol. The van der Waals surface area contributed by atoms with E-state index >= 15 is 0 Å². The van der Waals surface area contributed by atoms with Gasteiger partial charge in [0.05, 0.1) is 6.33 Å². The Bertz CT molecular complexity index is 788. The summed E-state index contributed by atoms with van der Waals surface area (Å²) in [4.78, 5) is 20.7. The van der Waals surface area contributed by atoms with Crippen molar-refractivity contribution in [2.24, 2.45) is 0 Å². The van der Waals surface area contributed by atoms with Gasteiger partial charge in [0.1, 0.15) is 11.8 Å². The largest absolute Gasteiger partial charge is 0.368 e. The summed E-state index contributed by atoms with van der Waals surface area (Å²) in [7, 11) is 0. The number of rotatable bonds is 2. The molecule has 3 heterocycles. The van der Waals surface area contributed by atoms with E-state index < -0.39 is 0 Å². The zero-order valence-electron chi connectivity index (χ0n) is 12.5. The summed E-state index contributed by atoms with van der Waals surface area (Å²) >= 11 is 0. The van der Waals surface area contributed by atoms with Crippen LogP contribution in [-0.2, 0) is 0 Å². The Labute approximate surface area is 128 Å². The number of imidazole rings is 1. The number of fused-ring (bicyclic) bond motifs is 1. The number of aryl methyl sites for hydroxylation is 1. The van der Waals surface area contributed by atoms with Gasteiger partial charge >= 0.3 is 0 Å². The number of aromatic amines is 1. The number of nitrogens with zero attached hydrogens (tertiary/aromatic N) is 5. The molecule has 3 aromatic rings. The Morgan fingerprint density at radius 3 is 2.64 bits per heavy atom. The maximum absolute atomic E-state index is 4.44. The van der Waals surface area contributed by atoms with Crippen LogP contribution in [0.2, 0.25) is 0 Å². The van der Waals surface area contributed by atoms with Crippen LogP contribution in [0.5, 0.6) is 0 Å². The number of H-pyrrole nitrogens is 1. The molecule has 0 unspecified atom stereocenters. The minimum atomic E-state index is 0.728. The Morgan fingerprint density at radius 1 is 1.00 bits per heavy atom. The Hall–Kier alpha value is -2.63. The van der Waals surface area contributed by atoms with Crippen LogP contribution in [0.3, 0.4) is 0 Å². The first-order valence-electron chi connectivity index (χ1n) is 7.52. The van der Waals surface area contributed by atoms with Gasteiger partial charge < -0.3 is 14.8 Å². The second kappa shape index (κ2) is 5.29. The lowest BCUT2D eigenvalue weighted by Crippen LogP contribution is -2.47. The smallest absolute Gasteiger partial charge is 0.182 e. The van der Waals surface area contributed by atoms with Gasteiger partial charge in [0.15, 0.2) is 11.5 Å². The van der Waals surface area contributed by atoms with Crippen molar-refractivity contribution in [3.63, 3.8) is 0 Å². The van der Waals surface area contributed by atoms with Crippen LogP contribution < -0.4 is 9.80 Å². The molecule has 1 N–H and O–H groups in total. The van der Waals surface area contributed by atoms with Gasteiger partial charge in [-0.25, -0.2) is 15.0 Å². The third-order valence-electron chi connectivity index (χ3n) is 4.15. The fourth-order valence-corrected chi connectivity index (χ4v) is 2.99. The van der Waals surface area contributed by atoms with Crippen LogP contribution in [0, 0.1) is 6.92 Å². The fourth-order valence-electron chi connectivity index (χ4n) is 2.99. The fraction of sp³-hybridized carbons (Fsp3) is 0.312. The molecular formula is C16H18N6. The molecule has 0 atom stereocenters. The molecule has 22 heavy (non-hydrogen) atoms. The summed E-state index contributed by atoms with van der Waals surface area (Å²) in [5.74, 6) is 0.950. The monoisotopic (exact) mass is 294 g/mol. The second-order valence-corrected chi connectivity index (χ2v) is 5.61. The molecule has 0 aliphatic carbocycles. The van der Waals surface area contributed by atoms with Crippen LogP contribution >= 0.6 is 0 Å². The molecule has 0 amide bonds. The van der Waals surface area contributed by atoms with Gasteiger partial charge in [-0.05, 0) is 24.6 Å². The molecule has 0 spiro atoms. The van der Waals surface area contributed by atoms with E-state index in [1.165, 1.54) is 11.3 Å². The van der Waals surface area contributed by atoms with Gasteiger partial charge in [0.25, 0.3) is 0 Å². The Kier molecular flexibility index (Phi) is 3.14. The predicted molar refractivity (Wildman–Crippen MR) is 87.3 cm³/mol. The first kappa shape index (κ1) is 13.1. The Morgan fingerprint density at radius 2 is 1.82 bits per heavy atom. The zero-order chi connectivity index (χ0) is 14.9. The van der Waals surface area contributed by atoms with Crippen molar-refractivity contribution in [2.45, 2.75) is 6.92 Å². The minimum Gasteiger partial charge on any atom is -0.368 e. The summed E-state index contributed by atoms with van der Waals surface area (Å²) in [6, 6.07) is 8.68. The van der Waals surface area contributed by atoms with Crippen LogP contribution in [0.1, 0.15) is 5.56 Å². The van der Waals surface area contributed by atoms with Crippen molar-refractivity contribution >= 4 is 22.7 Å². The van der Waals surface area contributed by atoms with E-state index in [1.54, 1.807) is 12.7 Å². The molecule has 1 aliphatic heterocycles. The SMILES string of the molecule is Cc1cccc(N2CCN(c3ncnc4nc[nH]c34)CC2)c1. The lowest BCUT2D eigenvalue weighted by atomic mass is 10.2. The van der Waals surface area contributed by atoms with Crippen molar-refractivity contribution < 1.29 is 0 Å². The molecule has 1 aromatic carbocycles.